The lowest BCUT2D eigenvalue weighted by Crippen LogP contribution is -2.09. The number of carboxylic acid groups (broad SMARTS) is 1. The lowest BCUT2D eigenvalue weighted by Gasteiger charge is -2.12. The number of halogens is 4. The standard InChI is InChI=1S/C35H24Cl2F2O3S/c36-31-19-26(9-15-33(31)38)22-1-5-24(6-2-22)30(17-18-43-29-13-11-28(12-14-29)42-21-35(40)41)25-7-3-23(4-8-25)27-10-16-34(39)32(37)20-27/h1-17,19-20H,18,21H2,(H,40,41). The molecule has 0 heterocycles. The van der Waals surface area contributed by atoms with E-state index in [1.807, 2.05) is 60.7 Å². The first-order valence-corrected chi connectivity index (χ1v) is 14.9. The first-order valence-electron chi connectivity index (χ1n) is 13.2. The Labute approximate surface area is 262 Å². The van der Waals surface area contributed by atoms with Gasteiger partial charge in [0.1, 0.15) is 17.4 Å². The van der Waals surface area contributed by atoms with Crippen molar-refractivity contribution in [3.05, 3.63) is 148 Å². The highest BCUT2D eigenvalue weighted by Crippen LogP contribution is 2.32. The van der Waals surface area contributed by atoms with Crippen molar-refractivity contribution < 1.29 is 23.4 Å². The van der Waals surface area contributed by atoms with Gasteiger partial charge in [-0.25, -0.2) is 13.6 Å². The van der Waals surface area contributed by atoms with Crippen LogP contribution in [-0.2, 0) is 4.79 Å². The molecule has 216 valence electrons. The summed E-state index contributed by atoms with van der Waals surface area (Å²) >= 11 is 13.6. The summed E-state index contributed by atoms with van der Waals surface area (Å²) in [5.41, 5.74) is 6.46. The molecule has 0 aromatic heterocycles. The second kappa shape index (κ2) is 13.9. The third kappa shape index (κ3) is 7.85. The fourth-order valence-electron chi connectivity index (χ4n) is 4.44. The fraction of sp³-hybridized carbons (Fsp3) is 0.0571. The zero-order valence-electron chi connectivity index (χ0n) is 22.6. The summed E-state index contributed by atoms with van der Waals surface area (Å²) in [6.07, 6.45) is 2.15. The van der Waals surface area contributed by atoms with Gasteiger partial charge in [-0.15, -0.1) is 11.8 Å². The number of ether oxygens (including phenoxy) is 1. The molecule has 0 saturated carbocycles. The van der Waals surface area contributed by atoms with E-state index < -0.39 is 24.2 Å². The van der Waals surface area contributed by atoms with Crippen LogP contribution in [0.25, 0.3) is 27.8 Å². The number of rotatable bonds is 10. The van der Waals surface area contributed by atoms with E-state index in [2.05, 4.69) is 6.08 Å². The van der Waals surface area contributed by atoms with Crippen LogP contribution in [0.3, 0.4) is 0 Å². The quantitative estimate of drug-likeness (QED) is 0.156. The van der Waals surface area contributed by atoms with Crippen LogP contribution in [0.1, 0.15) is 11.1 Å². The Morgan fingerprint density at radius 1 is 0.698 bits per heavy atom. The van der Waals surface area contributed by atoms with E-state index in [0.29, 0.717) is 11.5 Å². The molecule has 5 aromatic carbocycles. The molecule has 0 bridgehead atoms. The van der Waals surface area contributed by atoms with Crippen LogP contribution in [0, 0.1) is 11.6 Å². The molecule has 3 nitrogen and oxygen atoms in total. The SMILES string of the molecule is O=C(O)COc1ccc(SCC=C(c2ccc(-c3ccc(F)c(Cl)c3)cc2)c2ccc(-c3ccc(F)c(Cl)c3)cc2)cc1. The van der Waals surface area contributed by atoms with E-state index in [9.17, 15) is 13.6 Å². The summed E-state index contributed by atoms with van der Waals surface area (Å²) in [5, 5.41) is 8.94. The topological polar surface area (TPSA) is 46.5 Å². The average Bonchev–Trinajstić information content (AvgIpc) is 3.02. The Kier molecular flexibility index (Phi) is 9.82. The van der Waals surface area contributed by atoms with E-state index in [1.54, 1.807) is 48.2 Å². The van der Waals surface area contributed by atoms with Crippen LogP contribution in [0.5, 0.6) is 5.75 Å². The zero-order valence-corrected chi connectivity index (χ0v) is 24.9. The molecule has 1 N–H and O–H groups in total. The lowest BCUT2D eigenvalue weighted by atomic mass is 9.94. The van der Waals surface area contributed by atoms with Gasteiger partial charge in [-0.1, -0.05) is 89.9 Å². The van der Waals surface area contributed by atoms with Crippen LogP contribution >= 0.6 is 35.0 Å². The Bertz CT molecular complexity index is 1670. The number of hydrogen-bond acceptors (Lipinski definition) is 3. The van der Waals surface area contributed by atoms with Crippen LogP contribution in [-0.4, -0.2) is 23.4 Å². The van der Waals surface area contributed by atoms with Crippen LogP contribution in [0.4, 0.5) is 8.78 Å². The van der Waals surface area contributed by atoms with Crippen molar-refractivity contribution in [2.45, 2.75) is 4.90 Å². The van der Waals surface area contributed by atoms with Crippen LogP contribution in [0.2, 0.25) is 10.0 Å². The normalized spacial score (nSPS) is 10.8. The molecule has 0 amide bonds. The van der Waals surface area contributed by atoms with Crippen molar-refractivity contribution >= 4 is 46.5 Å². The minimum atomic E-state index is -1.03. The minimum Gasteiger partial charge on any atom is -0.482 e. The van der Waals surface area contributed by atoms with Gasteiger partial charge in [-0.3, -0.25) is 0 Å². The highest BCUT2D eigenvalue weighted by molar-refractivity contribution is 7.99. The van der Waals surface area contributed by atoms with Gasteiger partial charge in [0.2, 0.25) is 0 Å². The molecule has 5 aromatic rings. The van der Waals surface area contributed by atoms with Crippen molar-refractivity contribution in [1.82, 2.24) is 0 Å². The van der Waals surface area contributed by atoms with Gasteiger partial charge in [-0.05, 0) is 87.5 Å². The van der Waals surface area contributed by atoms with Crippen LogP contribution in [0.15, 0.2) is 120 Å². The van der Waals surface area contributed by atoms with E-state index in [-0.39, 0.29) is 10.0 Å². The predicted molar refractivity (Wildman–Crippen MR) is 171 cm³/mol. The van der Waals surface area contributed by atoms with Crippen molar-refractivity contribution in [2.24, 2.45) is 0 Å². The predicted octanol–water partition coefficient (Wildman–Crippen LogP) is 10.3. The molecule has 0 saturated heterocycles. The monoisotopic (exact) mass is 632 g/mol. The Morgan fingerprint density at radius 3 is 1.60 bits per heavy atom. The summed E-state index contributed by atoms with van der Waals surface area (Å²) < 4.78 is 32.6. The first-order chi connectivity index (χ1) is 20.8. The average molecular weight is 634 g/mol. The van der Waals surface area contributed by atoms with Crippen molar-refractivity contribution in [3.63, 3.8) is 0 Å². The number of benzene rings is 5. The number of aliphatic carboxylic acids is 1. The third-order valence-electron chi connectivity index (χ3n) is 6.62. The molecular formula is C35H24Cl2F2O3S. The summed E-state index contributed by atoms with van der Waals surface area (Å²) in [5.74, 6) is -0.791. The molecule has 0 spiro atoms. The molecule has 43 heavy (non-hydrogen) atoms. The maximum Gasteiger partial charge on any atom is 0.341 e. The van der Waals surface area contributed by atoms with E-state index in [1.165, 1.54) is 12.1 Å². The molecular weight excluding hydrogens is 609 g/mol. The van der Waals surface area contributed by atoms with Gasteiger partial charge in [0.15, 0.2) is 6.61 Å². The Hall–Kier alpha value is -4.10. The van der Waals surface area contributed by atoms with Crippen molar-refractivity contribution in [2.75, 3.05) is 12.4 Å². The number of thioether (sulfide) groups is 1. The smallest absolute Gasteiger partial charge is 0.341 e. The molecule has 0 aliphatic heterocycles. The van der Waals surface area contributed by atoms with Gasteiger partial charge >= 0.3 is 5.97 Å². The van der Waals surface area contributed by atoms with Gasteiger partial charge in [-0.2, -0.15) is 0 Å². The van der Waals surface area contributed by atoms with Gasteiger partial charge in [0, 0.05) is 10.6 Å². The summed E-state index contributed by atoms with van der Waals surface area (Å²) in [6, 6.07) is 32.6. The number of carbonyl (C=O) groups is 1. The highest BCUT2D eigenvalue weighted by Gasteiger charge is 2.10. The minimum absolute atomic E-state index is 0.0724. The lowest BCUT2D eigenvalue weighted by molar-refractivity contribution is -0.139. The molecule has 0 aliphatic carbocycles. The summed E-state index contributed by atoms with van der Waals surface area (Å²) in [4.78, 5) is 11.7. The molecule has 0 atom stereocenters. The van der Waals surface area contributed by atoms with E-state index in [0.717, 1.165) is 43.8 Å². The second-order valence-electron chi connectivity index (χ2n) is 9.50. The van der Waals surface area contributed by atoms with E-state index in [4.69, 9.17) is 33.0 Å². The van der Waals surface area contributed by atoms with Crippen molar-refractivity contribution in [3.8, 4) is 28.0 Å². The highest BCUT2D eigenvalue weighted by atomic mass is 35.5. The summed E-state index contributed by atoms with van der Waals surface area (Å²) in [7, 11) is 0. The molecule has 0 radical (unpaired) electrons. The number of carboxylic acids is 1. The fourth-order valence-corrected chi connectivity index (χ4v) is 5.57. The maximum absolute atomic E-state index is 13.7. The first kappa shape index (κ1) is 30.4. The summed E-state index contributed by atoms with van der Waals surface area (Å²) in [6.45, 7) is -0.390. The largest absolute Gasteiger partial charge is 0.482 e. The Morgan fingerprint density at radius 2 is 1.16 bits per heavy atom. The van der Waals surface area contributed by atoms with Gasteiger partial charge in [0.25, 0.3) is 0 Å². The second-order valence-corrected chi connectivity index (χ2v) is 11.4. The molecule has 5 rings (SSSR count). The van der Waals surface area contributed by atoms with Crippen molar-refractivity contribution in [1.29, 1.82) is 0 Å². The van der Waals surface area contributed by atoms with Gasteiger partial charge in [0.05, 0.1) is 10.0 Å². The molecule has 0 fully saturated rings. The molecule has 8 heteroatoms. The molecule has 0 aliphatic rings. The Balaban J connectivity index is 1.41. The zero-order chi connectivity index (χ0) is 30.3. The third-order valence-corrected chi connectivity index (χ3v) is 8.14. The maximum atomic E-state index is 13.7. The number of hydrogen-bond donors (Lipinski definition) is 1. The van der Waals surface area contributed by atoms with Gasteiger partial charge < -0.3 is 9.84 Å². The van der Waals surface area contributed by atoms with E-state index >= 15 is 0 Å². The molecule has 0 unspecified atom stereocenters. The van der Waals surface area contributed by atoms with Crippen LogP contribution < -0.4 is 4.74 Å².